The molecule has 0 saturated carbocycles. The normalized spacial score (nSPS) is 16.1. The predicted molar refractivity (Wildman–Crippen MR) is 107 cm³/mol. The lowest BCUT2D eigenvalue weighted by atomic mass is 9.72. The maximum Gasteiger partial charge on any atom is 0.252 e. The third-order valence-corrected chi connectivity index (χ3v) is 5.62. The number of nitrogens with two attached hydrogens (primary N) is 1. The molecule has 1 fully saturated rings. The number of aliphatic hydroxyl groups is 1. The topological polar surface area (TPSA) is 108 Å². The van der Waals surface area contributed by atoms with E-state index in [1.165, 1.54) is 0 Å². The van der Waals surface area contributed by atoms with Crippen LogP contribution in [0.4, 0.5) is 0 Å². The summed E-state index contributed by atoms with van der Waals surface area (Å²) in [7, 11) is 0. The standard InChI is InChI=1S/C22H24N2O5/c1-14-18(21(23)26)19-16(29-14)5-6-17(28-12-15-4-2-3-9-24-15)20(19)22(13-25)7-10-27-11-8-22/h2-6,9,25H,7-8,10-13H2,1H3,(H2,23,26). The van der Waals surface area contributed by atoms with E-state index in [2.05, 4.69) is 4.98 Å². The van der Waals surface area contributed by atoms with Gasteiger partial charge in [0.2, 0.25) is 0 Å². The van der Waals surface area contributed by atoms with Gasteiger partial charge in [-0.1, -0.05) is 6.07 Å². The van der Waals surface area contributed by atoms with E-state index in [0.29, 0.717) is 54.1 Å². The molecule has 0 spiro atoms. The Bertz CT molecular complexity index is 1020. The van der Waals surface area contributed by atoms with Crippen molar-refractivity contribution in [3.05, 3.63) is 59.1 Å². The molecule has 2 aromatic heterocycles. The Kier molecular flexibility index (Phi) is 5.25. The number of fused-ring (bicyclic) bond motifs is 1. The Morgan fingerprint density at radius 2 is 2.07 bits per heavy atom. The number of aromatic nitrogens is 1. The quantitative estimate of drug-likeness (QED) is 0.663. The lowest BCUT2D eigenvalue weighted by Gasteiger charge is -2.37. The van der Waals surface area contributed by atoms with Gasteiger partial charge in [0.15, 0.2) is 0 Å². The van der Waals surface area contributed by atoms with E-state index in [-0.39, 0.29) is 13.2 Å². The highest BCUT2D eigenvalue weighted by Crippen LogP contribution is 2.46. The minimum absolute atomic E-state index is 0.0994. The van der Waals surface area contributed by atoms with Gasteiger partial charge < -0.3 is 24.7 Å². The number of benzene rings is 1. The van der Waals surface area contributed by atoms with E-state index in [9.17, 15) is 9.90 Å². The van der Waals surface area contributed by atoms with Crippen molar-refractivity contribution in [2.24, 2.45) is 5.73 Å². The summed E-state index contributed by atoms with van der Waals surface area (Å²) >= 11 is 0. The van der Waals surface area contributed by atoms with Crippen LogP contribution < -0.4 is 10.5 Å². The molecular formula is C22H24N2O5. The fraction of sp³-hybridized carbons (Fsp3) is 0.364. The summed E-state index contributed by atoms with van der Waals surface area (Å²) < 4.78 is 17.5. The second kappa shape index (κ2) is 7.85. The van der Waals surface area contributed by atoms with Crippen molar-refractivity contribution >= 4 is 16.9 Å². The van der Waals surface area contributed by atoms with Crippen LogP contribution in [0.25, 0.3) is 11.0 Å². The molecule has 29 heavy (non-hydrogen) atoms. The molecule has 3 aromatic rings. The van der Waals surface area contributed by atoms with Gasteiger partial charge in [0.05, 0.1) is 17.9 Å². The number of amides is 1. The van der Waals surface area contributed by atoms with E-state index < -0.39 is 11.3 Å². The second-order valence-corrected chi connectivity index (χ2v) is 7.37. The number of aryl methyl sites for hydroxylation is 1. The molecule has 7 nitrogen and oxygen atoms in total. The van der Waals surface area contributed by atoms with Crippen molar-refractivity contribution in [2.45, 2.75) is 31.8 Å². The van der Waals surface area contributed by atoms with Crippen LogP contribution in [-0.2, 0) is 16.8 Å². The molecule has 1 aliphatic heterocycles. The number of carbonyl (C=O) groups is 1. The lowest BCUT2D eigenvalue weighted by Crippen LogP contribution is -2.38. The molecule has 0 radical (unpaired) electrons. The maximum atomic E-state index is 12.2. The number of furan rings is 1. The molecule has 0 atom stereocenters. The Balaban J connectivity index is 1.90. The van der Waals surface area contributed by atoms with Gasteiger partial charge in [0, 0.05) is 35.8 Å². The lowest BCUT2D eigenvalue weighted by molar-refractivity contribution is 0.0246. The van der Waals surface area contributed by atoms with Gasteiger partial charge in [-0.25, -0.2) is 0 Å². The first-order chi connectivity index (χ1) is 14.1. The number of primary amides is 1. The Morgan fingerprint density at radius 3 is 2.72 bits per heavy atom. The van der Waals surface area contributed by atoms with E-state index >= 15 is 0 Å². The van der Waals surface area contributed by atoms with Crippen molar-refractivity contribution in [2.75, 3.05) is 19.8 Å². The van der Waals surface area contributed by atoms with Crippen LogP contribution in [0.1, 0.15) is 40.2 Å². The minimum atomic E-state index is -0.613. The number of hydrogen-bond acceptors (Lipinski definition) is 6. The van der Waals surface area contributed by atoms with Gasteiger partial charge in [-0.15, -0.1) is 0 Å². The van der Waals surface area contributed by atoms with Crippen molar-refractivity contribution in [1.29, 1.82) is 0 Å². The van der Waals surface area contributed by atoms with Gasteiger partial charge in [-0.2, -0.15) is 0 Å². The fourth-order valence-corrected chi connectivity index (χ4v) is 4.12. The first kappa shape index (κ1) is 19.4. The van der Waals surface area contributed by atoms with Crippen LogP contribution >= 0.6 is 0 Å². The molecule has 1 amide bonds. The van der Waals surface area contributed by atoms with Crippen molar-refractivity contribution in [3.63, 3.8) is 0 Å². The number of pyridine rings is 1. The average Bonchev–Trinajstić information content (AvgIpc) is 3.09. The van der Waals surface area contributed by atoms with Gasteiger partial charge in [-0.05, 0) is 44.0 Å². The van der Waals surface area contributed by atoms with Gasteiger partial charge in [0.1, 0.15) is 23.7 Å². The number of aliphatic hydroxyl groups excluding tert-OH is 1. The molecule has 0 aliphatic carbocycles. The highest BCUT2D eigenvalue weighted by molar-refractivity contribution is 6.08. The summed E-state index contributed by atoms with van der Waals surface area (Å²) in [6.45, 7) is 2.91. The number of hydrogen-bond donors (Lipinski definition) is 2. The van der Waals surface area contributed by atoms with Crippen LogP contribution in [0.5, 0.6) is 5.75 Å². The molecule has 1 saturated heterocycles. The van der Waals surface area contributed by atoms with E-state index in [0.717, 1.165) is 11.3 Å². The second-order valence-electron chi connectivity index (χ2n) is 7.37. The highest BCUT2D eigenvalue weighted by Gasteiger charge is 2.40. The van der Waals surface area contributed by atoms with Crippen LogP contribution in [0.15, 0.2) is 40.9 Å². The zero-order chi connectivity index (χ0) is 20.4. The number of carbonyl (C=O) groups excluding carboxylic acids is 1. The Morgan fingerprint density at radius 1 is 1.28 bits per heavy atom. The summed E-state index contributed by atoms with van der Waals surface area (Å²) in [6, 6.07) is 9.22. The van der Waals surface area contributed by atoms with E-state index in [1.807, 2.05) is 24.3 Å². The summed E-state index contributed by atoms with van der Waals surface area (Å²) in [4.78, 5) is 16.5. The third-order valence-electron chi connectivity index (χ3n) is 5.62. The first-order valence-electron chi connectivity index (χ1n) is 9.63. The third kappa shape index (κ3) is 3.47. The fourth-order valence-electron chi connectivity index (χ4n) is 4.12. The molecule has 4 rings (SSSR count). The molecule has 1 aliphatic rings. The summed E-state index contributed by atoms with van der Waals surface area (Å²) in [5, 5.41) is 11.0. The van der Waals surface area contributed by atoms with Crippen molar-refractivity contribution in [3.8, 4) is 5.75 Å². The zero-order valence-corrected chi connectivity index (χ0v) is 16.3. The summed E-state index contributed by atoms with van der Waals surface area (Å²) in [5.74, 6) is 0.475. The SMILES string of the molecule is Cc1oc2ccc(OCc3ccccn3)c(C3(CO)CCOCC3)c2c1C(N)=O. The Hall–Kier alpha value is -2.90. The first-order valence-corrected chi connectivity index (χ1v) is 9.63. The number of ether oxygens (including phenoxy) is 2. The van der Waals surface area contributed by atoms with Crippen LogP contribution in [0, 0.1) is 6.92 Å². The molecule has 0 bridgehead atoms. The predicted octanol–water partition coefficient (Wildman–Crippen LogP) is 2.85. The molecule has 0 unspecified atom stereocenters. The molecule has 3 N–H and O–H groups in total. The van der Waals surface area contributed by atoms with Gasteiger partial charge in [0.25, 0.3) is 5.91 Å². The minimum Gasteiger partial charge on any atom is -0.487 e. The molecule has 152 valence electrons. The molecule has 7 heteroatoms. The largest absolute Gasteiger partial charge is 0.487 e. The van der Waals surface area contributed by atoms with Gasteiger partial charge >= 0.3 is 0 Å². The summed E-state index contributed by atoms with van der Waals surface area (Å²) in [6.07, 6.45) is 2.91. The number of rotatable bonds is 6. The highest BCUT2D eigenvalue weighted by atomic mass is 16.5. The van der Waals surface area contributed by atoms with Crippen molar-refractivity contribution in [1.82, 2.24) is 4.98 Å². The van der Waals surface area contributed by atoms with E-state index in [1.54, 1.807) is 19.2 Å². The molecule has 3 heterocycles. The number of nitrogens with zero attached hydrogens (tertiary/aromatic N) is 1. The monoisotopic (exact) mass is 396 g/mol. The van der Waals surface area contributed by atoms with Crippen LogP contribution in [0.2, 0.25) is 0 Å². The molecular weight excluding hydrogens is 372 g/mol. The van der Waals surface area contributed by atoms with Crippen molar-refractivity contribution < 1.29 is 23.8 Å². The van der Waals surface area contributed by atoms with Gasteiger partial charge in [-0.3, -0.25) is 9.78 Å². The average molecular weight is 396 g/mol. The summed E-state index contributed by atoms with van der Waals surface area (Å²) in [5.41, 5.74) is 7.49. The smallest absolute Gasteiger partial charge is 0.252 e. The van der Waals surface area contributed by atoms with Crippen LogP contribution in [-0.4, -0.2) is 35.8 Å². The zero-order valence-electron chi connectivity index (χ0n) is 16.3. The maximum absolute atomic E-state index is 12.2. The molecule has 1 aromatic carbocycles. The Labute approximate surface area is 168 Å². The van der Waals surface area contributed by atoms with E-state index in [4.69, 9.17) is 19.6 Å². The van der Waals surface area contributed by atoms with Crippen LogP contribution in [0.3, 0.4) is 0 Å².